The first-order chi connectivity index (χ1) is 8.58. The van der Waals surface area contributed by atoms with Crippen LogP contribution in [0.1, 0.15) is 33.5 Å². The second kappa shape index (κ2) is 7.43. The average Bonchev–Trinajstić information content (AvgIpc) is 2.71. The summed E-state index contributed by atoms with van der Waals surface area (Å²) < 4.78 is 5.85. The lowest BCUT2D eigenvalue weighted by molar-refractivity contribution is 0.00350. The Bertz CT molecular complexity index is 339. The van der Waals surface area contributed by atoms with Gasteiger partial charge in [-0.05, 0) is 24.6 Å². The number of likely N-dealkylation sites (N-methyl/N-ethyl adjacent to an activating group) is 1. The van der Waals surface area contributed by atoms with Crippen LogP contribution in [0.4, 0.5) is 0 Å². The number of rotatable bonds is 8. The third-order valence-electron chi connectivity index (χ3n) is 2.83. The molecule has 2 unspecified atom stereocenters. The van der Waals surface area contributed by atoms with Gasteiger partial charge in [-0.15, -0.1) is 10.2 Å². The van der Waals surface area contributed by atoms with E-state index in [4.69, 9.17) is 4.74 Å². The number of nitrogens with one attached hydrogen (secondary N) is 1. The quantitative estimate of drug-likeness (QED) is 0.744. The van der Waals surface area contributed by atoms with Gasteiger partial charge in [-0.2, -0.15) is 4.80 Å². The number of nitrogens with zero attached hydrogens (tertiary/aromatic N) is 4. The van der Waals surface area contributed by atoms with Crippen molar-refractivity contribution in [3.8, 4) is 0 Å². The predicted octanol–water partition coefficient (Wildman–Crippen LogP) is 0.792. The Kier molecular flexibility index (Phi) is 6.21. The number of hydrogen-bond acceptors (Lipinski definition) is 5. The first-order valence-electron chi connectivity index (χ1n) is 6.66. The Hall–Kier alpha value is -1.01. The lowest BCUT2D eigenvalue weighted by atomic mass is 9.96. The molecule has 0 saturated carbocycles. The molecule has 0 fully saturated rings. The van der Waals surface area contributed by atoms with E-state index < -0.39 is 0 Å². The molecule has 0 aliphatic heterocycles. The standard InChI is InChI=1S/C12H25N5O/c1-6-13-10(12(9(3)4)18-7-2)8-11-14-16-17(5)15-11/h9-10,12-13H,6-8H2,1-5H3. The number of hydrogen-bond donors (Lipinski definition) is 1. The van der Waals surface area contributed by atoms with Gasteiger partial charge in [-0.3, -0.25) is 0 Å². The highest BCUT2D eigenvalue weighted by Crippen LogP contribution is 2.14. The first kappa shape index (κ1) is 15.0. The zero-order valence-electron chi connectivity index (χ0n) is 12.1. The maximum atomic E-state index is 5.85. The van der Waals surface area contributed by atoms with Gasteiger partial charge in [0.05, 0.1) is 13.2 Å². The van der Waals surface area contributed by atoms with Crippen molar-refractivity contribution in [3.05, 3.63) is 5.82 Å². The smallest absolute Gasteiger partial charge is 0.176 e. The van der Waals surface area contributed by atoms with Crippen LogP contribution < -0.4 is 5.32 Å². The minimum Gasteiger partial charge on any atom is -0.377 e. The molecule has 1 rings (SSSR count). The lowest BCUT2D eigenvalue weighted by Gasteiger charge is -2.29. The summed E-state index contributed by atoms with van der Waals surface area (Å²) in [5.74, 6) is 1.21. The van der Waals surface area contributed by atoms with Gasteiger partial charge in [0.25, 0.3) is 0 Å². The molecule has 0 aliphatic rings. The van der Waals surface area contributed by atoms with Crippen LogP contribution in [0.15, 0.2) is 0 Å². The summed E-state index contributed by atoms with van der Waals surface area (Å²) in [6.45, 7) is 10.1. The Morgan fingerprint density at radius 1 is 1.33 bits per heavy atom. The van der Waals surface area contributed by atoms with Crippen LogP contribution in [0.2, 0.25) is 0 Å². The van der Waals surface area contributed by atoms with Gasteiger partial charge in [0.1, 0.15) is 0 Å². The molecule has 6 nitrogen and oxygen atoms in total. The molecule has 1 heterocycles. The van der Waals surface area contributed by atoms with Crippen LogP contribution in [-0.2, 0) is 18.2 Å². The molecule has 0 saturated heterocycles. The molecule has 2 atom stereocenters. The van der Waals surface area contributed by atoms with E-state index in [9.17, 15) is 0 Å². The summed E-state index contributed by atoms with van der Waals surface area (Å²) in [5, 5.41) is 15.6. The van der Waals surface area contributed by atoms with Crippen LogP contribution in [0.25, 0.3) is 0 Å². The SMILES string of the molecule is CCNC(Cc1nnn(C)n1)C(OCC)C(C)C. The molecule has 1 N–H and O–H groups in total. The number of aryl methyl sites for hydroxylation is 1. The molecule has 1 aromatic heterocycles. The highest BCUT2D eigenvalue weighted by molar-refractivity contribution is 4.90. The van der Waals surface area contributed by atoms with Crippen LogP contribution >= 0.6 is 0 Å². The second-order valence-corrected chi connectivity index (χ2v) is 4.73. The van der Waals surface area contributed by atoms with Gasteiger partial charge in [0.15, 0.2) is 5.82 Å². The topological polar surface area (TPSA) is 64.9 Å². The zero-order valence-corrected chi connectivity index (χ0v) is 12.1. The van der Waals surface area contributed by atoms with Crippen molar-refractivity contribution in [2.45, 2.75) is 46.3 Å². The molecule has 104 valence electrons. The van der Waals surface area contributed by atoms with E-state index >= 15 is 0 Å². The number of ether oxygens (including phenoxy) is 1. The average molecular weight is 255 g/mol. The summed E-state index contributed by atoms with van der Waals surface area (Å²) in [6.07, 6.45) is 0.906. The first-order valence-corrected chi connectivity index (χ1v) is 6.66. The van der Waals surface area contributed by atoms with Crippen molar-refractivity contribution >= 4 is 0 Å². The van der Waals surface area contributed by atoms with E-state index in [2.05, 4.69) is 41.5 Å². The van der Waals surface area contributed by atoms with Crippen molar-refractivity contribution < 1.29 is 4.74 Å². The van der Waals surface area contributed by atoms with Crippen LogP contribution in [-0.4, -0.2) is 45.5 Å². The van der Waals surface area contributed by atoms with Gasteiger partial charge in [-0.1, -0.05) is 20.8 Å². The van der Waals surface area contributed by atoms with E-state index in [-0.39, 0.29) is 12.1 Å². The monoisotopic (exact) mass is 255 g/mol. The molecule has 18 heavy (non-hydrogen) atoms. The summed E-state index contributed by atoms with van der Waals surface area (Å²) in [5.41, 5.74) is 0. The van der Waals surface area contributed by atoms with Crippen molar-refractivity contribution in [3.63, 3.8) is 0 Å². The van der Waals surface area contributed by atoms with Crippen molar-refractivity contribution in [1.29, 1.82) is 0 Å². The van der Waals surface area contributed by atoms with Gasteiger partial charge >= 0.3 is 0 Å². The normalized spacial score (nSPS) is 15.0. The van der Waals surface area contributed by atoms with E-state index in [0.29, 0.717) is 5.92 Å². The van der Waals surface area contributed by atoms with Gasteiger partial charge in [0, 0.05) is 19.1 Å². The summed E-state index contributed by atoms with van der Waals surface area (Å²) >= 11 is 0. The molecule has 1 aromatic rings. The third-order valence-corrected chi connectivity index (χ3v) is 2.83. The maximum absolute atomic E-state index is 5.85. The van der Waals surface area contributed by atoms with Crippen molar-refractivity contribution in [2.75, 3.05) is 13.2 Å². The van der Waals surface area contributed by atoms with Gasteiger partial charge in [0.2, 0.25) is 0 Å². The molecule has 0 bridgehead atoms. The fraction of sp³-hybridized carbons (Fsp3) is 0.917. The highest BCUT2D eigenvalue weighted by atomic mass is 16.5. The van der Waals surface area contributed by atoms with Crippen LogP contribution in [0, 0.1) is 5.92 Å². The molecule has 0 radical (unpaired) electrons. The summed E-state index contributed by atoms with van der Waals surface area (Å²) in [4.78, 5) is 1.49. The molecule has 0 amide bonds. The molecular formula is C12H25N5O. The molecule has 6 heteroatoms. The van der Waals surface area contributed by atoms with Crippen LogP contribution in [0.5, 0.6) is 0 Å². The Morgan fingerprint density at radius 2 is 2.06 bits per heavy atom. The molecule has 0 aromatic carbocycles. The number of tetrazole rings is 1. The maximum Gasteiger partial charge on any atom is 0.176 e. The van der Waals surface area contributed by atoms with Crippen LogP contribution in [0.3, 0.4) is 0 Å². The second-order valence-electron chi connectivity index (χ2n) is 4.73. The Morgan fingerprint density at radius 3 is 2.50 bits per heavy atom. The molecule has 0 aliphatic carbocycles. The zero-order chi connectivity index (χ0) is 13.5. The Labute approximate surface area is 109 Å². The fourth-order valence-corrected chi connectivity index (χ4v) is 2.13. The van der Waals surface area contributed by atoms with Crippen molar-refractivity contribution in [1.82, 2.24) is 25.5 Å². The van der Waals surface area contributed by atoms with Gasteiger partial charge in [-0.25, -0.2) is 0 Å². The molecular weight excluding hydrogens is 230 g/mol. The van der Waals surface area contributed by atoms with E-state index in [1.807, 2.05) is 6.92 Å². The summed E-state index contributed by atoms with van der Waals surface area (Å²) in [6, 6.07) is 0.221. The van der Waals surface area contributed by atoms with Crippen molar-refractivity contribution in [2.24, 2.45) is 13.0 Å². The fourth-order valence-electron chi connectivity index (χ4n) is 2.13. The Balaban J connectivity index is 2.72. The molecule has 0 spiro atoms. The van der Waals surface area contributed by atoms with Gasteiger partial charge < -0.3 is 10.1 Å². The van der Waals surface area contributed by atoms with E-state index in [0.717, 1.165) is 25.4 Å². The van der Waals surface area contributed by atoms with E-state index in [1.54, 1.807) is 7.05 Å². The predicted molar refractivity (Wildman–Crippen MR) is 70.2 cm³/mol. The third kappa shape index (κ3) is 4.34. The minimum atomic E-state index is 0.166. The minimum absolute atomic E-state index is 0.166. The van der Waals surface area contributed by atoms with E-state index in [1.165, 1.54) is 4.80 Å². The highest BCUT2D eigenvalue weighted by Gasteiger charge is 2.26. The largest absolute Gasteiger partial charge is 0.377 e. The number of aromatic nitrogens is 4. The summed E-state index contributed by atoms with van der Waals surface area (Å²) in [7, 11) is 1.78. The lowest BCUT2D eigenvalue weighted by Crippen LogP contribution is -2.46.